The molecule has 0 bridgehead atoms. The number of halogens is 1. The molecule has 2 heteroatoms. The lowest BCUT2D eigenvalue weighted by molar-refractivity contribution is -0.00000563. The zero-order valence-corrected chi connectivity index (χ0v) is 19.6. The first-order chi connectivity index (χ1) is 14.3. The highest BCUT2D eigenvalue weighted by Gasteiger charge is 2.44. The summed E-state index contributed by atoms with van der Waals surface area (Å²) in [6.45, 7) is 2.23. The van der Waals surface area contributed by atoms with E-state index in [4.69, 9.17) is 0 Å². The first-order valence-corrected chi connectivity index (χ1v) is 12.1. The molecule has 30 heavy (non-hydrogen) atoms. The second-order valence-corrected chi connectivity index (χ2v) is 10.8. The Kier molecular flexibility index (Phi) is 7.80. The zero-order valence-electron chi connectivity index (χ0n) is 17.2. The van der Waals surface area contributed by atoms with Gasteiger partial charge in [-0.15, -0.1) is 0 Å². The van der Waals surface area contributed by atoms with Gasteiger partial charge in [-0.25, -0.2) is 0 Å². The summed E-state index contributed by atoms with van der Waals surface area (Å²) in [6.07, 6.45) is 3.45. The zero-order chi connectivity index (χ0) is 19.9. The van der Waals surface area contributed by atoms with Crippen molar-refractivity contribution < 1.29 is 17.0 Å². The highest BCUT2D eigenvalue weighted by Crippen LogP contribution is 2.55. The molecule has 0 amide bonds. The van der Waals surface area contributed by atoms with E-state index < -0.39 is 7.26 Å². The molecular weight excluding hydrogens is 447 g/mol. The molecule has 0 spiro atoms. The maximum absolute atomic E-state index is 2.44. The molecule has 0 fully saturated rings. The van der Waals surface area contributed by atoms with E-state index in [0.717, 1.165) is 6.16 Å². The Balaban J connectivity index is 0.00000256. The maximum atomic E-state index is 2.44. The van der Waals surface area contributed by atoms with Gasteiger partial charge in [-0.3, -0.25) is 0 Å². The van der Waals surface area contributed by atoms with E-state index in [-0.39, 0.29) is 17.0 Å². The van der Waals surface area contributed by atoms with Crippen molar-refractivity contribution in [3.63, 3.8) is 0 Å². The molecule has 0 saturated carbocycles. The van der Waals surface area contributed by atoms with Gasteiger partial charge in [0, 0.05) is 0 Å². The molecule has 0 atom stereocenters. The van der Waals surface area contributed by atoms with Crippen LogP contribution in [0.1, 0.15) is 12.5 Å². The average Bonchev–Trinajstić information content (AvgIpc) is 2.82. The quantitative estimate of drug-likeness (QED) is 0.378. The lowest BCUT2D eigenvalue weighted by Gasteiger charge is -2.27. The van der Waals surface area contributed by atoms with Crippen molar-refractivity contribution >= 4 is 28.7 Å². The Morgan fingerprint density at radius 3 is 1.27 bits per heavy atom. The first-order valence-electron chi connectivity index (χ1n) is 10.1. The lowest BCUT2D eigenvalue weighted by Crippen LogP contribution is -3.00. The largest absolute Gasteiger partial charge is 1.00 e. The van der Waals surface area contributed by atoms with E-state index in [9.17, 15) is 0 Å². The normalized spacial score (nSPS) is 11.6. The van der Waals surface area contributed by atoms with Crippen LogP contribution in [-0.2, 0) is 0 Å². The molecule has 0 aliphatic rings. The molecule has 0 radical (unpaired) electrons. The molecule has 0 aliphatic carbocycles. The topological polar surface area (TPSA) is 0 Å². The molecule has 150 valence electrons. The monoisotopic (exact) mass is 472 g/mol. The summed E-state index contributed by atoms with van der Waals surface area (Å²) in [5, 5.41) is 4.28. The maximum Gasteiger partial charge on any atom is 0.115 e. The van der Waals surface area contributed by atoms with Crippen LogP contribution in [0.3, 0.4) is 0 Å². The predicted molar refractivity (Wildman–Crippen MR) is 130 cm³/mol. The molecular formula is C28H26BrP. The molecule has 4 aromatic carbocycles. The average molecular weight is 473 g/mol. The van der Waals surface area contributed by atoms with Crippen molar-refractivity contribution in [3.8, 4) is 0 Å². The Morgan fingerprint density at radius 2 is 0.900 bits per heavy atom. The van der Waals surface area contributed by atoms with Gasteiger partial charge in [0.05, 0.1) is 6.16 Å². The third-order valence-electron chi connectivity index (χ3n) is 5.49. The van der Waals surface area contributed by atoms with Crippen LogP contribution in [0, 0.1) is 0 Å². The van der Waals surface area contributed by atoms with Gasteiger partial charge in [0.25, 0.3) is 0 Å². The van der Waals surface area contributed by atoms with Crippen LogP contribution < -0.4 is 32.9 Å². The number of benzene rings is 4. The minimum Gasteiger partial charge on any atom is -1.00 e. The second-order valence-electron chi connectivity index (χ2n) is 7.25. The van der Waals surface area contributed by atoms with E-state index in [1.165, 1.54) is 27.1 Å². The Morgan fingerprint density at radius 1 is 0.567 bits per heavy atom. The van der Waals surface area contributed by atoms with Crippen LogP contribution in [-0.4, -0.2) is 6.16 Å². The first kappa shape index (κ1) is 22.2. The molecule has 0 aliphatic heterocycles. The molecule has 4 rings (SSSR count). The van der Waals surface area contributed by atoms with Crippen molar-refractivity contribution in [2.24, 2.45) is 0 Å². The van der Waals surface area contributed by atoms with Gasteiger partial charge in [-0.2, -0.15) is 0 Å². The Bertz CT molecular complexity index is 962. The van der Waals surface area contributed by atoms with Gasteiger partial charge in [0.1, 0.15) is 23.2 Å². The second kappa shape index (κ2) is 10.5. The highest BCUT2D eigenvalue weighted by molar-refractivity contribution is 7.95. The van der Waals surface area contributed by atoms with Gasteiger partial charge < -0.3 is 17.0 Å². The number of hydrogen-bond acceptors (Lipinski definition) is 0. The minimum absolute atomic E-state index is 0. The summed E-state index contributed by atoms with van der Waals surface area (Å²) in [6, 6.07) is 43.9. The van der Waals surface area contributed by atoms with Crippen LogP contribution >= 0.6 is 7.26 Å². The van der Waals surface area contributed by atoms with E-state index in [2.05, 4.69) is 134 Å². The van der Waals surface area contributed by atoms with Crippen LogP contribution in [0.25, 0.3) is 5.57 Å². The van der Waals surface area contributed by atoms with Gasteiger partial charge in [0.15, 0.2) is 0 Å². The SMILES string of the molecule is C/C(=C\C[P+](c1ccccc1)(c1ccccc1)c1ccccc1)c1ccccc1.[Br-]. The smallest absolute Gasteiger partial charge is 0.115 e. The summed E-state index contributed by atoms with van der Waals surface area (Å²) in [5.41, 5.74) is 2.62. The summed E-state index contributed by atoms with van der Waals surface area (Å²) < 4.78 is 0. The number of rotatable bonds is 6. The van der Waals surface area contributed by atoms with Crippen molar-refractivity contribution in [3.05, 3.63) is 133 Å². The predicted octanol–water partition coefficient (Wildman–Crippen LogP) is 3.09. The van der Waals surface area contributed by atoms with Gasteiger partial charge >= 0.3 is 0 Å². The third kappa shape index (κ3) is 4.64. The third-order valence-corrected chi connectivity index (χ3v) is 9.76. The fraction of sp³-hybridized carbons (Fsp3) is 0.0714. The van der Waals surface area contributed by atoms with Crippen molar-refractivity contribution in [1.29, 1.82) is 0 Å². The van der Waals surface area contributed by atoms with Gasteiger partial charge in [-0.1, -0.05) is 84.9 Å². The van der Waals surface area contributed by atoms with Gasteiger partial charge in [0.2, 0.25) is 0 Å². The Labute approximate surface area is 191 Å². The number of hydrogen-bond donors (Lipinski definition) is 0. The molecule has 0 heterocycles. The van der Waals surface area contributed by atoms with Crippen molar-refractivity contribution in [2.75, 3.05) is 6.16 Å². The molecule has 0 saturated heterocycles. The van der Waals surface area contributed by atoms with Crippen molar-refractivity contribution in [2.45, 2.75) is 6.92 Å². The fourth-order valence-electron chi connectivity index (χ4n) is 3.90. The summed E-state index contributed by atoms with van der Waals surface area (Å²) in [4.78, 5) is 0. The van der Waals surface area contributed by atoms with Crippen LogP contribution in [0.15, 0.2) is 127 Å². The molecule has 4 aromatic rings. The molecule has 0 aromatic heterocycles. The highest BCUT2D eigenvalue weighted by atomic mass is 79.9. The van der Waals surface area contributed by atoms with E-state index in [1.807, 2.05) is 0 Å². The molecule has 0 nitrogen and oxygen atoms in total. The Hall–Kier alpha value is -2.47. The summed E-state index contributed by atoms with van der Waals surface area (Å²) in [7, 11) is -1.80. The van der Waals surface area contributed by atoms with Crippen LogP contribution in [0.4, 0.5) is 0 Å². The van der Waals surface area contributed by atoms with Gasteiger partial charge in [-0.05, 0) is 60.5 Å². The molecule has 0 N–H and O–H groups in total. The number of allylic oxidation sites excluding steroid dienone is 2. The van der Waals surface area contributed by atoms with E-state index in [1.54, 1.807) is 0 Å². The van der Waals surface area contributed by atoms with Crippen molar-refractivity contribution in [1.82, 2.24) is 0 Å². The molecule has 0 unspecified atom stereocenters. The van der Waals surface area contributed by atoms with E-state index in [0.29, 0.717) is 0 Å². The van der Waals surface area contributed by atoms with Crippen LogP contribution in [0.2, 0.25) is 0 Å². The summed E-state index contributed by atoms with van der Waals surface area (Å²) in [5.74, 6) is 0. The lowest BCUT2D eigenvalue weighted by atomic mass is 10.1. The minimum atomic E-state index is -1.80. The van der Waals surface area contributed by atoms with E-state index >= 15 is 0 Å². The summed E-state index contributed by atoms with van der Waals surface area (Å²) >= 11 is 0. The van der Waals surface area contributed by atoms with Crippen LogP contribution in [0.5, 0.6) is 0 Å². The standard InChI is InChI=1S/C28H26P.BrH/c1-24(25-14-6-2-7-15-25)22-23-29(26-16-8-3-9-17-26,27-18-10-4-11-19-27)28-20-12-5-13-21-28;/h2-22H,23H2,1H3;1H/q+1;/p-1/b24-22+;. The fourth-order valence-corrected chi connectivity index (χ4v) is 8.02.